The van der Waals surface area contributed by atoms with E-state index >= 15 is 0 Å². The van der Waals surface area contributed by atoms with E-state index in [0.717, 1.165) is 24.8 Å². The van der Waals surface area contributed by atoms with Crippen LogP contribution in [0.1, 0.15) is 31.2 Å². The van der Waals surface area contributed by atoms with Crippen LogP contribution in [0.4, 0.5) is 4.79 Å². The van der Waals surface area contributed by atoms with Crippen LogP contribution in [0.5, 0.6) is 0 Å². The van der Waals surface area contributed by atoms with Crippen molar-refractivity contribution in [1.29, 1.82) is 0 Å². The molecule has 1 aliphatic rings. The number of amides is 2. The Balaban J connectivity index is 1.82. The Labute approximate surface area is 125 Å². The second kappa shape index (κ2) is 6.61. The highest BCUT2D eigenvalue weighted by Gasteiger charge is 2.39. The summed E-state index contributed by atoms with van der Waals surface area (Å²) in [5.41, 5.74) is 0.828. The summed E-state index contributed by atoms with van der Waals surface area (Å²) in [6, 6.07) is 9.61. The molecular weight excluding hydrogens is 268 g/mol. The lowest BCUT2D eigenvalue weighted by Crippen LogP contribution is -2.46. The van der Waals surface area contributed by atoms with Gasteiger partial charge >= 0.3 is 12.0 Å². The first-order valence-electron chi connectivity index (χ1n) is 7.25. The van der Waals surface area contributed by atoms with Gasteiger partial charge in [-0.2, -0.15) is 0 Å². The van der Waals surface area contributed by atoms with Gasteiger partial charge in [0.15, 0.2) is 0 Å². The monoisotopic (exact) mass is 290 g/mol. The van der Waals surface area contributed by atoms with Gasteiger partial charge < -0.3 is 15.3 Å². The quantitative estimate of drug-likeness (QED) is 0.845. The van der Waals surface area contributed by atoms with E-state index in [4.69, 9.17) is 5.11 Å². The van der Waals surface area contributed by atoms with Gasteiger partial charge in [-0.05, 0) is 23.8 Å². The Morgan fingerprint density at radius 2 is 1.95 bits per heavy atom. The van der Waals surface area contributed by atoms with E-state index in [2.05, 4.69) is 5.32 Å². The smallest absolute Gasteiger partial charge is 0.317 e. The third-order valence-electron chi connectivity index (χ3n) is 4.16. The summed E-state index contributed by atoms with van der Waals surface area (Å²) >= 11 is 0. The van der Waals surface area contributed by atoms with Gasteiger partial charge in [-0.15, -0.1) is 0 Å². The highest BCUT2D eigenvalue weighted by atomic mass is 16.4. The fourth-order valence-electron chi connectivity index (χ4n) is 2.74. The van der Waals surface area contributed by atoms with Crippen LogP contribution in [0.2, 0.25) is 0 Å². The van der Waals surface area contributed by atoms with Crippen molar-refractivity contribution in [2.24, 2.45) is 5.41 Å². The van der Waals surface area contributed by atoms with E-state index in [-0.39, 0.29) is 17.9 Å². The van der Waals surface area contributed by atoms with Crippen molar-refractivity contribution in [3.8, 4) is 0 Å². The molecule has 114 valence electrons. The second-order valence-electron chi connectivity index (χ2n) is 5.92. The molecule has 1 aromatic rings. The number of nitrogens with zero attached hydrogens (tertiary/aromatic N) is 1. The first-order valence-corrected chi connectivity index (χ1v) is 7.25. The van der Waals surface area contributed by atoms with Crippen LogP contribution in [0.15, 0.2) is 30.3 Å². The van der Waals surface area contributed by atoms with Gasteiger partial charge in [-0.3, -0.25) is 4.79 Å². The SMILES string of the molecule is CN(Cc1ccccc1)C(=O)NCC1(CC(=O)O)CCC1. The highest BCUT2D eigenvalue weighted by molar-refractivity contribution is 5.74. The van der Waals surface area contributed by atoms with E-state index < -0.39 is 5.97 Å². The molecule has 0 bridgehead atoms. The summed E-state index contributed by atoms with van der Waals surface area (Å²) in [5, 5.41) is 11.8. The molecule has 2 amide bonds. The van der Waals surface area contributed by atoms with Crippen molar-refractivity contribution in [1.82, 2.24) is 10.2 Å². The van der Waals surface area contributed by atoms with Gasteiger partial charge in [0.25, 0.3) is 0 Å². The number of nitrogens with one attached hydrogen (secondary N) is 1. The molecule has 5 nitrogen and oxygen atoms in total. The molecule has 0 radical (unpaired) electrons. The van der Waals surface area contributed by atoms with Crippen molar-refractivity contribution in [3.05, 3.63) is 35.9 Å². The molecule has 2 rings (SSSR count). The molecule has 1 saturated carbocycles. The van der Waals surface area contributed by atoms with Crippen molar-refractivity contribution in [2.45, 2.75) is 32.2 Å². The maximum Gasteiger partial charge on any atom is 0.317 e. The van der Waals surface area contributed by atoms with Gasteiger partial charge in [-0.25, -0.2) is 4.79 Å². The molecule has 21 heavy (non-hydrogen) atoms. The first kappa shape index (κ1) is 15.4. The van der Waals surface area contributed by atoms with Gasteiger partial charge in [0, 0.05) is 20.1 Å². The van der Waals surface area contributed by atoms with Crippen LogP contribution in [0.3, 0.4) is 0 Å². The van der Waals surface area contributed by atoms with Gasteiger partial charge in [0.05, 0.1) is 6.42 Å². The average molecular weight is 290 g/mol. The predicted molar refractivity (Wildman–Crippen MR) is 79.8 cm³/mol. The molecule has 0 heterocycles. The average Bonchev–Trinajstić information content (AvgIpc) is 2.42. The molecule has 0 atom stereocenters. The van der Waals surface area contributed by atoms with E-state index in [9.17, 15) is 9.59 Å². The van der Waals surface area contributed by atoms with Gasteiger partial charge in [0.2, 0.25) is 0 Å². The number of carbonyl (C=O) groups is 2. The van der Waals surface area contributed by atoms with E-state index in [1.807, 2.05) is 30.3 Å². The second-order valence-corrected chi connectivity index (χ2v) is 5.92. The van der Waals surface area contributed by atoms with Crippen LogP contribution in [0.25, 0.3) is 0 Å². The number of hydrogen-bond donors (Lipinski definition) is 2. The van der Waals surface area contributed by atoms with E-state index in [1.54, 1.807) is 11.9 Å². The molecule has 1 fully saturated rings. The zero-order valence-electron chi connectivity index (χ0n) is 12.3. The number of carbonyl (C=O) groups excluding carboxylic acids is 1. The molecule has 1 aromatic carbocycles. The Bertz CT molecular complexity index is 498. The topological polar surface area (TPSA) is 69.6 Å². The minimum absolute atomic E-state index is 0.135. The lowest BCUT2D eigenvalue weighted by Gasteiger charge is -2.41. The summed E-state index contributed by atoms with van der Waals surface area (Å²) in [7, 11) is 1.74. The zero-order valence-corrected chi connectivity index (χ0v) is 12.3. The molecule has 0 unspecified atom stereocenters. The standard InChI is InChI=1S/C16H22N2O3/c1-18(11-13-6-3-2-4-7-13)15(21)17-12-16(8-5-9-16)10-14(19)20/h2-4,6-7H,5,8-12H2,1H3,(H,17,21)(H,19,20). The van der Waals surface area contributed by atoms with Crippen molar-refractivity contribution >= 4 is 12.0 Å². The number of aliphatic carboxylic acids is 1. The molecule has 1 aliphatic carbocycles. The maximum absolute atomic E-state index is 12.1. The summed E-state index contributed by atoms with van der Waals surface area (Å²) in [4.78, 5) is 24.6. The number of urea groups is 1. The van der Waals surface area contributed by atoms with E-state index in [0.29, 0.717) is 13.1 Å². The molecule has 2 N–H and O–H groups in total. The minimum Gasteiger partial charge on any atom is -0.481 e. The fraction of sp³-hybridized carbons (Fsp3) is 0.500. The maximum atomic E-state index is 12.1. The predicted octanol–water partition coefficient (Wildman–Crippen LogP) is 2.47. The minimum atomic E-state index is -0.790. The van der Waals surface area contributed by atoms with Crippen LogP contribution >= 0.6 is 0 Å². The zero-order chi connectivity index (χ0) is 15.3. The number of hydrogen-bond acceptors (Lipinski definition) is 2. The van der Waals surface area contributed by atoms with Crippen LogP contribution in [0, 0.1) is 5.41 Å². The molecular formula is C16H22N2O3. The van der Waals surface area contributed by atoms with Crippen molar-refractivity contribution in [3.63, 3.8) is 0 Å². The molecule has 0 saturated heterocycles. The Morgan fingerprint density at radius 1 is 1.29 bits per heavy atom. The van der Waals surface area contributed by atoms with Crippen LogP contribution in [-0.2, 0) is 11.3 Å². The summed E-state index contributed by atoms with van der Waals surface area (Å²) in [6.45, 7) is 0.982. The third-order valence-corrected chi connectivity index (χ3v) is 4.16. The van der Waals surface area contributed by atoms with Gasteiger partial charge in [-0.1, -0.05) is 36.8 Å². The first-order chi connectivity index (χ1) is 10.0. The number of rotatable bonds is 6. The fourth-order valence-corrected chi connectivity index (χ4v) is 2.74. The van der Waals surface area contributed by atoms with Gasteiger partial charge in [0.1, 0.15) is 0 Å². The highest BCUT2D eigenvalue weighted by Crippen LogP contribution is 2.43. The lowest BCUT2D eigenvalue weighted by molar-refractivity contribution is -0.141. The Kier molecular flexibility index (Phi) is 4.83. The van der Waals surface area contributed by atoms with Crippen LogP contribution in [-0.4, -0.2) is 35.6 Å². The summed E-state index contributed by atoms with van der Waals surface area (Å²) < 4.78 is 0. The molecule has 0 spiro atoms. The Morgan fingerprint density at radius 3 is 2.48 bits per heavy atom. The third kappa shape index (κ3) is 4.21. The summed E-state index contributed by atoms with van der Waals surface area (Å²) in [6.07, 6.45) is 2.93. The van der Waals surface area contributed by atoms with E-state index in [1.165, 1.54) is 0 Å². The molecule has 0 aromatic heterocycles. The van der Waals surface area contributed by atoms with Crippen molar-refractivity contribution in [2.75, 3.05) is 13.6 Å². The Hall–Kier alpha value is -2.04. The van der Waals surface area contributed by atoms with Crippen LogP contribution < -0.4 is 5.32 Å². The lowest BCUT2D eigenvalue weighted by atomic mass is 9.66. The number of benzene rings is 1. The number of carboxylic acids is 1. The molecule has 5 heteroatoms. The van der Waals surface area contributed by atoms with Crippen molar-refractivity contribution < 1.29 is 14.7 Å². The molecule has 0 aliphatic heterocycles. The normalized spacial score (nSPS) is 15.9. The summed E-state index contributed by atoms with van der Waals surface area (Å²) in [5.74, 6) is -0.790. The largest absolute Gasteiger partial charge is 0.481 e. The number of carboxylic acid groups (broad SMARTS) is 1.